The van der Waals surface area contributed by atoms with Gasteiger partial charge in [-0.05, 0) is 18.2 Å². The van der Waals surface area contributed by atoms with Crippen molar-refractivity contribution in [3.63, 3.8) is 0 Å². The molecule has 1 saturated heterocycles. The third kappa shape index (κ3) is 4.19. The van der Waals surface area contributed by atoms with Crippen LogP contribution in [0, 0.1) is 0 Å². The lowest BCUT2D eigenvalue weighted by atomic mass is 10.1. The van der Waals surface area contributed by atoms with Crippen LogP contribution < -0.4 is 0 Å². The third-order valence-corrected chi connectivity index (χ3v) is 8.63. The van der Waals surface area contributed by atoms with Crippen molar-refractivity contribution < 1.29 is 17.8 Å². The summed E-state index contributed by atoms with van der Waals surface area (Å²) in [5.41, 5.74) is 0.162. The molecule has 0 aromatic carbocycles. The van der Waals surface area contributed by atoms with Gasteiger partial charge in [-0.3, -0.25) is 9.35 Å². The van der Waals surface area contributed by atoms with E-state index in [0.29, 0.717) is 5.75 Å². The number of rotatable bonds is 6. The van der Waals surface area contributed by atoms with Crippen molar-refractivity contribution in [1.82, 2.24) is 0 Å². The van der Waals surface area contributed by atoms with E-state index in [2.05, 4.69) is 6.58 Å². The molecule has 1 aliphatic heterocycles. The first-order chi connectivity index (χ1) is 8.27. The SMILES string of the molecule is C=C(C)C(=O)C(C1CSC(SCC)S1)S(=O)(=O)O. The Balaban J connectivity index is 2.87. The van der Waals surface area contributed by atoms with Crippen molar-refractivity contribution in [2.24, 2.45) is 0 Å². The smallest absolute Gasteiger partial charge is 0.276 e. The average Bonchev–Trinajstić information content (AvgIpc) is 2.64. The molecule has 4 nitrogen and oxygen atoms in total. The molecule has 0 saturated carbocycles. The van der Waals surface area contributed by atoms with E-state index >= 15 is 0 Å². The minimum Gasteiger partial charge on any atom is -0.293 e. The van der Waals surface area contributed by atoms with Gasteiger partial charge in [0.15, 0.2) is 11.0 Å². The number of carbonyl (C=O) groups is 1. The molecule has 1 rings (SSSR count). The Morgan fingerprint density at radius 1 is 1.61 bits per heavy atom. The lowest BCUT2D eigenvalue weighted by Gasteiger charge is -2.18. The number of hydrogen-bond acceptors (Lipinski definition) is 6. The van der Waals surface area contributed by atoms with Gasteiger partial charge in [0.05, 0.1) is 3.91 Å². The van der Waals surface area contributed by atoms with Crippen LogP contribution in [0.1, 0.15) is 13.8 Å². The average molecular weight is 329 g/mol. The van der Waals surface area contributed by atoms with Gasteiger partial charge in [-0.2, -0.15) is 8.42 Å². The predicted octanol–water partition coefficient (Wildman–Crippen LogP) is 2.27. The van der Waals surface area contributed by atoms with Gasteiger partial charge in [0.2, 0.25) is 0 Å². The lowest BCUT2D eigenvalue weighted by molar-refractivity contribution is -0.115. The molecule has 0 amide bonds. The van der Waals surface area contributed by atoms with Gasteiger partial charge in [-0.1, -0.05) is 13.5 Å². The molecule has 104 valence electrons. The van der Waals surface area contributed by atoms with E-state index in [9.17, 15) is 17.8 Å². The molecule has 0 aromatic heterocycles. The summed E-state index contributed by atoms with van der Waals surface area (Å²) in [7, 11) is -4.38. The number of Topliss-reactive ketones (excluding diaryl/α,β-unsaturated/α-hetero) is 1. The summed E-state index contributed by atoms with van der Waals surface area (Å²) < 4.78 is 32.3. The first-order valence-corrected chi connectivity index (χ1v) is 9.86. The number of ketones is 1. The predicted molar refractivity (Wildman–Crippen MR) is 80.9 cm³/mol. The van der Waals surface area contributed by atoms with E-state index in [4.69, 9.17) is 0 Å². The maximum absolute atomic E-state index is 11.9. The second-order valence-electron chi connectivity index (χ2n) is 3.83. The van der Waals surface area contributed by atoms with Crippen molar-refractivity contribution in [2.45, 2.75) is 28.3 Å². The number of carbonyl (C=O) groups excluding carboxylic acids is 1. The van der Waals surface area contributed by atoms with Gasteiger partial charge in [0.1, 0.15) is 0 Å². The van der Waals surface area contributed by atoms with Crippen molar-refractivity contribution in [1.29, 1.82) is 0 Å². The summed E-state index contributed by atoms with van der Waals surface area (Å²) in [6, 6.07) is 0. The van der Waals surface area contributed by atoms with Gasteiger partial charge < -0.3 is 0 Å². The standard InChI is InChI=1S/C10H16O4S4/c1-4-15-10-16-5-7(17-10)9(18(12,13)14)8(11)6(2)3/h7,9-10H,2,4-5H2,1,3H3,(H,12,13,14). The number of allylic oxidation sites excluding steroid dienone is 1. The molecule has 0 radical (unpaired) electrons. The zero-order valence-corrected chi connectivity index (χ0v) is 13.4. The summed E-state index contributed by atoms with van der Waals surface area (Å²) in [5.74, 6) is 0.895. The Hall–Kier alpha value is 0.370. The molecule has 0 bridgehead atoms. The zero-order chi connectivity index (χ0) is 13.9. The van der Waals surface area contributed by atoms with Gasteiger partial charge >= 0.3 is 0 Å². The first kappa shape index (κ1) is 16.4. The van der Waals surface area contributed by atoms with Crippen molar-refractivity contribution in [2.75, 3.05) is 11.5 Å². The molecular formula is C10H16O4S4. The van der Waals surface area contributed by atoms with Gasteiger partial charge in [0, 0.05) is 11.0 Å². The van der Waals surface area contributed by atoms with E-state index < -0.39 is 26.4 Å². The number of hydrogen-bond donors (Lipinski definition) is 1. The largest absolute Gasteiger partial charge is 0.293 e. The van der Waals surface area contributed by atoms with Crippen LogP contribution in [0.4, 0.5) is 0 Å². The quantitative estimate of drug-likeness (QED) is 0.592. The molecule has 0 aromatic rings. The minimum absolute atomic E-state index is 0.162. The molecule has 8 heteroatoms. The van der Waals surface area contributed by atoms with Crippen LogP contribution in [0.3, 0.4) is 0 Å². The van der Waals surface area contributed by atoms with Crippen LogP contribution >= 0.6 is 35.3 Å². The van der Waals surface area contributed by atoms with E-state index in [0.717, 1.165) is 5.75 Å². The van der Waals surface area contributed by atoms with E-state index in [1.165, 1.54) is 18.7 Å². The fourth-order valence-corrected chi connectivity index (χ4v) is 8.27. The molecule has 3 atom stereocenters. The fourth-order valence-electron chi connectivity index (χ4n) is 1.52. The second kappa shape index (κ2) is 6.69. The highest BCUT2D eigenvalue weighted by Gasteiger charge is 2.43. The molecule has 1 aliphatic rings. The van der Waals surface area contributed by atoms with Crippen LogP contribution in [-0.2, 0) is 14.9 Å². The van der Waals surface area contributed by atoms with Crippen LogP contribution in [0.5, 0.6) is 0 Å². The highest BCUT2D eigenvalue weighted by molar-refractivity contribution is 8.34. The van der Waals surface area contributed by atoms with E-state index in [1.807, 2.05) is 6.92 Å². The number of thioether (sulfide) groups is 3. The molecule has 0 spiro atoms. The summed E-state index contributed by atoms with van der Waals surface area (Å²) in [6.07, 6.45) is 0. The molecule has 1 fully saturated rings. The molecule has 3 unspecified atom stereocenters. The Morgan fingerprint density at radius 2 is 2.22 bits per heavy atom. The Kier molecular flexibility index (Phi) is 6.11. The van der Waals surface area contributed by atoms with Crippen LogP contribution in [0.2, 0.25) is 0 Å². The molecular weight excluding hydrogens is 312 g/mol. The van der Waals surface area contributed by atoms with Gasteiger partial charge in [-0.25, -0.2) is 0 Å². The molecule has 18 heavy (non-hydrogen) atoms. The monoisotopic (exact) mass is 328 g/mol. The van der Waals surface area contributed by atoms with Crippen LogP contribution in [-0.4, -0.2) is 44.7 Å². The van der Waals surface area contributed by atoms with Crippen molar-refractivity contribution in [3.8, 4) is 0 Å². The van der Waals surface area contributed by atoms with Crippen LogP contribution in [0.15, 0.2) is 12.2 Å². The third-order valence-electron chi connectivity index (χ3n) is 2.32. The first-order valence-electron chi connectivity index (χ1n) is 5.32. The van der Waals surface area contributed by atoms with E-state index in [1.54, 1.807) is 23.5 Å². The maximum Gasteiger partial charge on any atom is 0.276 e. The van der Waals surface area contributed by atoms with Crippen molar-refractivity contribution >= 4 is 51.2 Å². The second-order valence-corrected chi connectivity index (χ2v) is 10.1. The maximum atomic E-state index is 11.9. The van der Waals surface area contributed by atoms with Gasteiger partial charge in [0.25, 0.3) is 10.1 Å². The normalized spacial score (nSPS) is 25.9. The molecule has 1 heterocycles. The highest BCUT2D eigenvalue weighted by atomic mass is 32.3. The summed E-state index contributed by atoms with van der Waals surface area (Å²) in [5, 5.41) is -1.78. The Bertz CT molecular complexity index is 431. The highest BCUT2D eigenvalue weighted by Crippen LogP contribution is 2.46. The van der Waals surface area contributed by atoms with Crippen molar-refractivity contribution in [3.05, 3.63) is 12.2 Å². The Labute approximate surface area is 120 Å². The lowest BCUT2D eigenvalue weighted by Crippen LogP contribution is -2.39. The molecule has 1 N–H and O–H groups in total. The van der Waals surface area contributed by atoms with Gasteiger partial charge in [-0.15, -0.1) is 35.3 Å². The fraction of sp³-hybridized carbons (Fsp3) is 0.700. The zero-order valence-electron chi connectivity index (χ0n) is 10.2. The minimum atomic E-state index is -4.38. The molecule has 0 aliphatic carbocycles. The van der Waals surface area contributed by atoms with E-state index in [-0.39, 0.29) is 9.49 Å². The topological polar surface area (TPSA) is 71.4 Å². The summed E-state index contributed by atoms with van der Waals surface area (Å²) in [4.78, 5) is 11.9. The summed E-state index contributed by atoms with van der Waals surface area (Å²) in [6.45, 7) is 6.96. The Morgan fingerprint density at radius 3 is 2.67 bits per heavy atom. The van der Waals surface area contributed by atoms with Crippen LogP contribution in [0.25, 0.3) is 0 Å². The summed E-state index contributed by atoms with van der Waals surface area (Å²) >= 11 is 4.76.